The Morgan fingerprint density at radius 2 is 1.83 bits per heavy atom. The van der Waals surface area contributed by atoms with Crippen molar-refractivity contribution in [3.63, 3.8) is 0 Å². The lowest BCUT2D eigenvalue weighted by Crippen LogP contribution is -2.14. The molecule has 0 saturated carbocycles. The summed E-state index contributed by atoms with van der Waals surface area (Å²) in [4.78, 5) is 12.5. The van der Waals surface area contributed by atoms with E-state index in [-0.39, 0.29) is 17.9 Å². The SMILES string of the molecule is C[N]CCOc1ccc(C(F)(F)F)cc1C(=O)c1ccccc1. The van der Waals surface area contributed by atoms with Gasteiger partial charge in [0.15, 0.2) is 5.78 Å². The molecule has 0 atom stereocenters. The Morgan fingerprint density at radius 3 is 2.43 bits per heavy atom. The lowest BCUT2D eigenvalue weighted by Gasteiger charge is -2.14. The zero-order valence-corrected chi connectivity index (χ0v) is 12.4. The average molecular weight is 322 g/mol. The summed E-state index contributed by atoms with van der Waals surface area (Å²) in [6, 6.07) is 11.0. The zero-order chi connectivity index (χ0) is 16.9. The third-order valence-electron chi connectivity index (χ3n) is 3.16. The molecule has 1 radical (unpaired) electrons. The molecule has 0 spiro atoms. The molecule has 2 aromatic rings. The number of hydrogen-bond acceptors (Lipinski definition) is 2. The van der Waals surface area contributed by atoms with Gasteiger partial charge in [0.05, 0.1) is 11.1 Å². The molecule has 2 rings (SSSR count). The van der Waals surface area contributed by atoms with Gasteiger partial charge in [0.25, 0.3) is 0 Å². The first kappa shape index (κ1) is 17.0. The number of carbonyl (C=O) groups excluding carboxylic acids is 1. The molecule has 0 unspecified atom stereocenters. The zero-order valence-electron chi connectivity index (χ0n) is 12.4. The maximum Gasteiger partial charge on any atom is 0.416 e. The number of rotatable bonds is 6. The highest BCUT2D eigenvalue weighted by molar-refractivity contribution is 6.10. The van der Waals surface area contributed by atoms with Crippen LogP contribution in [-0.2, 0) is 6.18 Å². The van der Waals surface area contributed by atoms with E-state index < -0.39 is 17.5 Å². The summed E-state index contributed by atoms with van der Waals surface area (Å²) in [5.41, 5.74) is -0.691. The molecule has 0 aliphatic heterocycles. The Hall–Kier alpha value is -2.34. The molecule has 2 aromatic carbocycles. The first-order valence-electron chi connectivity index (χ1n) is 6.93. The highest BCUT2D eigenvalue weighted by Crippen LogP contribution is 2.33. The van der Waals surface area contributed by atoms with Crippen molar-refractivity contribution in [3.05, 3.63) is 65.2 Å². The monoisotopic (exact) mass is 322 g/mol. The van der Waals surface area contributed by atoms with Crippen LogP contribution >= 0.6 is 0 Å². The van der Waals surface area contributed by atoms with Gasteiger partial charge < -0.3 is 4.74 Å². The number of halogens is 3. The van der Waals surface area contributed by atoms with Crippen LogP contribution < -0.4 is 10.1 Å². The van der Waals surface area contributed by atoms with Gasteiger partial charge in [0.2, 0.25) is 0 Å². The van der Waals surface area contributed by atoms with E-state index in [1.54, 1.807) is 37.4 Å². The van der Waals surface area contributed by atoms with Crippen LogP contribution in [0.3, 0.4) is 0 Å². The highest BCUT2D eigenvalue weighted by atomic mass is 19.4. The van der Waals surface area contributed by atoms with Crippen LogP contribution in [0.5, 0.6) is 5.75 Å². The Balaban J connectivity index is 2.41. The van der Waals surface area contributed by atoms with E-state index in [9.17, 15) is 18.0 Å². The predicted octanol–water partition coefficient (Wildman–Crippen LogP) is 3.55. The second-order valence-corrected chi connectivity index (χ2v) is 4.79. The second-order valence-electron chi connectivity index (χ2n) is 4.79. The fraction of sp³-hybridized carbons (Fsp3) is 0.235. The van der Waals surface area contributed by atoms with Crippen molar-refractivity contribution in [2.24, 2.45) is 0 Å². The van der Waals surface area contributed by atoms with E-state index in [1.807, 2.05) is 0 Å². The largest absolute Gasteiger partial charge is 0.491 e. The minimum absolute atomic E-state index is 0.109. The molecule has 23 heavy (non-hydrogen) atoms. The van der Waals surface area contributed by atoms with Crippen LogP contribution in [0.25, 0.3) is 0 Å². The number of carbonyl (C=O) groups is 1. The average Bonchev–Trinajstić information content (AvgIpc) is 2.54. The van der Waals surface area contributed by atoms with Crippen molar-refractivity contribution in [1.29, 1.82) is 0 Å². The van der Waals surface area contributed by atoms with Gasteiger partial charge in [-0.1, -0.05) is 30.3 Å². The Bertz CT molecular complexity index is 669. The summed E-state index contributed by atoms with van der Waals surface area (Å²) in [5.74, 6) is -0.393. The van der Waals surface area contributed by atoms with Crippen molar-refractivity contribution >= 4 is 5.78 Å². The molecule has 0 aliphatic carbocycles. The number of benzene rings is 2. The number of ketones is 1. The molecule has 121 valence electrons. The van der Waals surface area contributed by atoms with Crippen molar-refractivity contribution in [3.8, 4) is 5.75 Å². The number of hydrogen-bond donors (Lipinski definition) is 0. The molecular weight excluding hydrogens is 307 g/mol. The van der Waals surface area contributed by atoms with Gasteiger partial charge in [0, 0.05) is 19.2 Å². The normalized spacial score (nSPS) is 11.3. The Morgan fingerprint density at radius 1 is 1.13 bits per heavy atom. The third-order valence-corrected chi connectivity index (χ3v) is 3.16. The molecule has 0 aliphatic rings. The molecule has 0 N–H and O–H groups in total. The molecule has 0 fully saturated rings. The topological polar surface area (TPSA) is 40.4 Å². The van der Waals surface area contributed by atoms with E-state index in [2.05, 4.69) is 5.32 Å². The fourth-order valence-electron chi connectivity index (χ4n) is 2.00. The minimum atomic E-state index is -4.52. The van der Waals surface area contributed by atoms with Crippen molar-refractivity contribution < 1.29 is 22.7 Å². The summed E-state index contributed by atoms with van der Waals surface area (Å²) in [6.07, 6.45) is -4.52. The van der Waals surface area contributed by atoms with E-state index in [1.165, 1.54) is 6.07 Å². The highest BCUT2D eigenvalue weighted by Gasteiger charge is 2.32. The van der Waals surface area contributed by atoms with Crippen LogP contribution in [0.2, 0.25) is 0 Å². The summed E-state index contributed by atoms with van der Waals surface area (Å²) in [6.45, 7) is 0.580. The Labute approximate surface area is 132 Å². The van der Waals surface area contributed by atoms with E-state index in [0.29, 0.717) is 12.1 Å². The van der Waals surface area contributed by atoms with Crippen molar-refractivity contribution in [2.45, 2.75) is 6.18 Å². The fourth-order valence-corrected chi connectivity index (χ4v) is 2.00. The van der Waals surface area contributed by atoms with Crippen LogP contribution in [0, 0.1) is 0 Å². The molecule has 0 aromatic heterocycles. The van der Waals surface area contributed by atoms with Crippen LogP contribution in [-0.4, -0.2) is 26.0 Å². The van der Waals surface area contributed by atoms with Gasteiger partial charge in [-0.3, -0.25) is 4.79 Å². The van der Waals surface area contributed by atoms with Gasteiger partial charge in [0.1, 0.15) is 12.4 Å². The van der Waals surface area contributed by atoms with Gasteiger partial charge >= 0.3 is 6.18 Å². The van der Waals surface area contributed by atoms with Crippen molar-refractivity contribution in [1.82, 2.24) is 5.32 Å². The number of likely N-dealkylation sites (N-methyl/N-ethyl adjacent to an activating group) is 1. The second kappa shape index (κ2) is 7.28. The molecule has 0 saturated heterocycles. The smallest absolute Gasteiger partial charge is 0.416 e. The van der Waals surface area contributed by atoms with Crippen LogP contribution in [0.1, 0.15) is 21.5 Å². The first-order chi connectivity index (χ1) is 10.9. The number of alkyl halides is 3. The summed E-state index contributed by atoms with van der Waals surface area (Å²) >= 11 is 0. The van der Waals surface area contributed by atoms with E-state index in [4.69, 9.17) is 4.74 Å². The number of ether oxygens (including phenoxy) is 1. The summed E-state index contributed by atoms with van der Waals surface area (Å²) in [5, 5.41) is 3.85. The molecular formula is C17H15F3NO2. The predicted molar refractivity (Wildman–Crippen MR) is 79.7 cm³/mol. The number of nitrogens with zero attached hydrogens (tertiary/aromatic N) is 1. The lowest BCUT2D eigenvalue weighted by molar-refractivity contribution is -0.137. The molecule has 0 heterocycles. The van der Waals surface area contributed by atoms with Gasteiger partial charge in [-0.2, -0.15) is 13.2 Å². The summed E-state index contributed by atoms with van der Waals surface area (Å²) in [7, 11) is 1.60. The molecule has 3 nitrogen and oxygen atoms in total. The lowest BCUT2D eigenvalue weighted by atomic mass is 10.00. The van der Waals surface area contributed by atoms with Crippen molar-refractivity contribution in [2.75, 3.05) is 20.2 Å². The van der Waals surface area contributed by atoms with E-state index >= 15 is 0 Å². The van der Waals surface area contributed by atoms with Gasteiger partial charge in [-0.15, -0.1) is 0 Å². The van der Waals surface area contributed by atoms with Crippen LogP contribution in [0.15, 0.2) is 48.5 Å². The molecule has 6 heteroatoms. The maximum absolute atomic E-state index is 12.9. The third kappa shape index (κ3) is 4.32. The first-order valence-corrected chi connectivity index (χ1v) is 6.93. The van der Waals surface area contributed by atoms with Gasteiger partial charge in [-0.25, -0.2) is 5.32 Å². The van der Waals surface area contributed by atoms with Crippen LogP contribution in [0.4, 0.5) is 13.2 Å². The standard InChI is InChI=1S/C17H15F3NO2/c1-21-9-10-23-15-8-7-13(17(18,19)20)11-14(15)16(22)12-5-3-2-4-6-12/h2-8,11H,9-10H2,1H3. The summed E-state index contributed by atoms with van der Waals surface area (Å²) < 4.78 is 44.1. The Kier molecular flexibility index (Phi) is 5.39. The quantitative estimate of drug-likeness (QED) is 0.603. The van der Waals surface area contributed by atoms with E-state index in [0.717, 1.165) is 12.1 Å². The molecule has 0 bridgehead atoms. The minimum Gasteiger partial charge on any atom is -0.491 e. The van der Waals surface area contributed by atoms with Gasteiger partial charge in [-0.05, 0) is 18.2 Å². The molecule has 0 amide bonds. The maximum atomic E-state index is 12.9.